The van der Waals surface area contributed by atoms with Gasteiger partial charge in [-0.3, -0.25) is 15.2 Å². The van der Waals surface area contributed by atoms with Crippen molar-refractivity contribution in [1.29, 1.82) is 10.8 Å². The Bertz CT molecular complexity index is 1760. The fraction of sp³-hybridized carbons (Fsp3) is 0.353. The number of nitrogens with one attached hydrogen (secondary N) is 3. The molecule has 5 rings (SSSR count). The first-order valence-electron chi connectivity index (χ1n) is 15.2. The highest BCUT2D eigenvalue weighted by atomic mass is 19.1. The molecular weight excluding hydrogens is 590 g/mol. The van der Waals surface area contributed by atoms with Crippen molar-refractivity contribution < 1.29 is 18.7 Å². The number of nitrogen functional groups attached to an aromatic ring is 1. The summed E-state index contributed by atoms with van der Waals surface area (Å²) >= 11 is 0. The fourth-order valence-corrected chi connectivity index (χ4v) is 6.60. The summed E-state index contributed by atoms with van der Waals surface area (Å²) in [6.07, 6.45) is 3.28. The number of benzene rings is 2. The second-order valence-corrected chi connectivity index (χ2v) is 12.1. The van der Waals surface area contributed by atoms with E-state index in [1.807, 2.05) is 11.8 Å². The lowest BCUT2D eigenvalue weighted by Crippen LogP contribution is -2.61. The van der Waals surface area contributed by atoms with Crippen LogP contribution >= 0.6 is 0 Å². The third kappa shape index (κ3) is 5.36. The molecule has 1 aromatic heterocycles. The van der Waals surface area contributed by atoms with Crippen LogP contribution in [0.1, 0.15) is 54.3 Å². The van der Waals surface area contributed by atoms with Gasteiger partial charge in [0.15, 0.2) is 11.6 Å². The van der Waals surface area contributed by atoms with Gasteiger partial charge in [0, 0.05) is 68.0 Å². The maximum Gasteiger partial charge on any atom is 0.246 e. The number of halogens is 2. The lowest BCUT2D eigenvalue weighted by molar-refractivity contribution is -0.131. The summed E-state index contributed by atoms with van der Waals surface area (Å²) in [7, 11) is 1.69. The highest BCUT2D eigenvalue weighted by Gasteiger charge is 2.40. The molecule has 10 nitrogen and oxygen atoms in total. The van der Waals surface area contributed by atoms with E-state index < -0.39 is 17.7 Å². The summed E-state index contributed by atoms with van der Waals surface area (Å²) in [5.41, 5.74) is 7.92. The van der Waals surface area contributed by atoms with Crippen LogP contribution in [-0.4, -0.2) is 76.6 Å². The Morgan fingerprint density at radius 1 is 1.15 bits per heavy atom. The molecule has 0 aliphatic carbocycles. The van der Waals surface area contributed by atoms with Crippen LogP contribution in [0.25, 0.3) is 11.1 Å². The van der Waals surface area contributed by atoms with Crippen molar-refractivity contribution in [3.8, 4) is 11.1 Å². The highest BCUT2D eigenvalue weighted by molar-refractivity contribution is 6.10. The summed E-state index contributed by atoms with van der Waals surface area (Å²) in [4.78, 5) is 22.2. The van der Waals surface area contributed by atoms with Crippen molar-refractivity contribution >= 4 is 40.7 Å². The number of carbonyl (C=O) groups is 1. The molecule has 1 amide bonds. The second-order valence-electron chi connectivity index (χ2n) is 12.1. The monoisotopic (exact) mass is 630 g/mol. The standard InChI is InChI=1S/C34H40F2N8O2/c1-7-24(46)43-16-21-11-13-42(6)33-27(34(39)44(21)15-19(43)4)32(41-30-18(3)10-12-40-31(30)20(5)45)28(35)26(29(33)36)25-17(2)8-9-23(38)22(25)14-37/h7-10,12,14,19-21,37,39,41,45H,1,11,13,15-16,38H2,2-6H3. The van der Waals surface area contributed by atoms with Crippen molar-refractivity contribution in [2.24, 2.45) is 0 Å². The molecule has 3 aromatic rings. The molecule has 1 saturated heterocycles. The highest BCUT2D eigenvalue weighted by Crippen LogP contribution is 2.46. The Morgan fingerprint density at radius 2 is 1.87 bits per heavy atom. The number of aryl methyl sites for hydroxylation is 2. The van der Waals surface area contributed by atoms with E-state index in [1.54, 1.807) is 55.8 Å². The minimum absolute atomic E-state index is 0.000553. The van der Waals surface area contributed by atoms with Gasteiger partial charge < -0.3 is 36.3 Å². The van der Waals surface area contributed by atoms with Crippen molar-refractivity contribution in [3.63, 3.8) is 0 Å². The molecule has 3 heterocycles. The minimum Gasteiger partial charge on any atom is -0.398 e. The lowest BCUT2D eigenvalue weighted by atomic mass is 9.89. The molecule has 1 fully saturated rings. The molecule has 3 unspecified atom stereocenters. The predicted octanol–water partition coefficient (Wildman–Crippen LogP) is 5.27. The Balaban J connectivity index is 1.84. The number of pyridine rings is 1. The van der Waals surface area contributed by atoms with Crippen LogP contribution in [0, 0.1) is 36.3 Å². The van der Waals surface area contributed by atoms with E-state index >= 15 is 8.78 Å². The smallest absolute Gasteiger partial charge is 0.246 e. The number of nitrogens with zero attached hydrogens (tertiary/aromatic N) is 4. The van der Waals surface area contributed by atoms with Crippen LogP contribution in [0.3, 0.4) is 0 Å². The first-order chi connectivity index (χ1) is 21.8. The van der Waals surface area contributed by atoms with E-state index in [9.17, 15) is 15.3 Å². The number of aromatic nitrogens is 1. The van der Waals surface area contributed by atoms with Crippen LogP contribution in [-0.2, 0) is 4.79 Å². The zero-order valence-electron chi connectivity index (χ0n) is 26.7. The summed E-state index contributed by atoms with van der Waals surface area (Å²) in [5, 5.41) is 31.3. The zero-order chi connectivity index (χ0) is 33.6. The van der Waals surface area contributed by atoms with Crippen LogP contribution in [0.4, 0.5) is 31.5 Å². The number of fused-ring (bicyclic) bond motifs is 2. The van der Waals surface area contributed by atoms with Gasteiger partial charge in [0.25, 0.3) is 0 Å². The number of aliphatic hydroxyl groups is 1. The summed E-state index contributed by atoms with van der Waals surface area (Å²) in [6.45, 7) is 11.5. The van der Waals surface area contributed by atoms with Crippen LogP contribution in [0.2, 0.25) is 0 Å². The third-order valence-electron chi connectivity index (χ3n) is 9.07. The van der Waals surface area contributed by atoms with Crippen LogP contribution < -0.4 is 16.0 Å². The van der Waals surface area contributed by atoms with Gasteiger partial charge in [-0.25, -0.2) is 8.78 Å². The normalized spacial score (nSPS) is 18.7. The zero-order valence-corrected chi connectivity index (χ0v) is 26.7. The van der Waals surface area contributed by atoms with E-state index in [-0.39, 0.29) is 75.4 Å². The van der Waals surface area contributed by atoms with Crippen molar-refractivity contribution in [3.05, 3.63) is 76.6 Å². The van der Waals surface area contributed by atoms with Gasteiger partial charge in [-0.1, -0.05) is 12.6 Å². The largest absolute Gasteiger partial charge is 0.398 e. The molecule has 46 heavy (non-hydrogen) atoms. The Morgan fingerprint density at radius 3 is 2.52 bits per heavy atom. The van der Waals surface area contributed by atoms with Crippen molar-refractivity contribution in [2.45, 2.75) is 52.3 Å². The molecule has 0 radical (unpaired) electrons. The number of hydrogen-bond acceptors (Lipinski definition) is 8. The van der Waals surface area contributed by atoms with Gasteiger partial charge in [0.1, 0.15) is 5.84 Å². The maximum atomic E-state index is 17.3. The molecule has 12 heteroatoms. The first kappa shape index (κ1) is 32.6. The lowest BCUT2D eigenvalue weighted by Gasteiger charge is -2.48. The number of amidine groups is 1. The maximum absolute atomic E-state index is 17.3. The topological polar surface area (TPSA) is 146 Å². The average molecular weight is 631 g/mol. The van der Waals surface area contributed by atoms with Gasteiger partial charge in [-0.05, 0) is 63.5 Å². The summed E-state index contributed by atoms with van der Waals surface area (Å²) in [6, 6.07) is 4.37. The van der Waals surface area contributed by atoms with E-state index in [0.29, 0.717) is 36.3 Å². The van der Waals surface area contributed by atoms with Gasteiger partial charge in [0.2, 0.25) is 5.91 Å². The number of amides is 1. The van der Waals surface area contributed by atoms with Gasteiger partial charge in [-0.2, -0.15) is 0 Å². The summed E-state index contributed by atoms with van der Waals surface area (Å²) < 4.78 is 34.5. The van der Waals surface area contributed by atoms with E-state index in [4.69, 9.17) is 11.1 Å². The number of aliphatic hydroxyl groups excluding tert-OH is 1. The van der Waals surface area contributed by atoms with E-state index in [0.717, 1.165) is 6.21 Å². The van der Waals surface area contributed by atoms with Gasteiger partial charge in [0.05, 0.1) is 40.0 Å². The van der Waals surface area contributed by atoms with Crippen molar-refractivity contribution in [1.82, 2.24) is 14.8 Å². The molecule has 0 saturated carbocycles. The molecule has 0 bridgehead atoms. The minimum atomic E-state index is -1.02. The van der Waals surface area contributed by atoms with E-state index in [1.165, 1.54) is 12.3 Å². The van der Waals surface area contributed by atoms with Crippen LogP contribution in [0.15, 0.2) is 37.1 Å². The number of nitrogens with two attached hydrogens (primary N) is 1. The Kier molecular flexibility index (Phi) is 8.85. The molecule has 0 spiro atoms. The quantitative estimate of drug-likeness (QED) is 0.142. The number of rotatable bonds is 6. The number of anilines is 4. The molecule has 6 N–H and O–H groups in total. The molecule has 2 aliphatic heterocycles. The Labute approximate surface area is 267 Å². The molecule has 2 aromatic carbocycles. The molecule has 242 valence electrons. The predicted molar refractivity (Wildman–Crippen MR) is 178 cm³/mol. The van der Waals surface area contributed by atoms with Gasteiger partial charge >= 0.3 is 0 Å². The average Bonchev–Trinajstić information content (AvgIpc) is 3.02. The van der Waals surface area contributed by atoms with E-state index in [2.05, 4.69) is 16.9 Å². The Hall–Kier alpha value is -4.84. The number of hydrogen-bond donors (Lipinski definition) is 5. The third-order valence-corrected chi connectivity index (χ3v) is 9.07. The number of piperazine rings is 1. The molecule has 2 aliphatic rings. The number of carbonyl (C=O) groups excluding carboxylic acids is 1. The molecule has 3 atom stereocenters. The van der Waals surface area contributed by atoms with Gasteiger partial charge in [-0.15, -0.1) is 0 Å². The fourth-order valence-electron chi connectivity index (χ4n) is 6.60. The SMILES string of the molecule is C=CC(=O)N1CC2CCN(C)c3c(F)c(-c4c(C)ccc(N)c4C=N)c(F)c(Nc4c(C)ccnc4C(C)O)c3C(=N)N2CC1C. The second kappa shape index (κ2) is 12.5. The molecular formula is C34H40F2N8O2. The van der Waals surface area contributed by atoms with Crippen LogP contribution in [0.5, 0.6) is 0 Å². The summed E-state index contributed by atoms with van der Waals surface area (Å²) in [5.74, 6) is -2.17. The first-order valence-corrected chi connectivity index (χ1v) is 15.2. The van der Waals surface area contributed by atoms with Crippen molar-refractivity contribution in [2.75, 3.05) is 42.6 Å².